The van der Waals surface area contributed by atoms with Crippen LogP contribution in [0.4, 0.5) is 11.4 Å². The van der Waals surface area contributed by atoms with Gasteiger partial charge in [-0.3, -0.25) is 0 Å². The Morgan fingerprint density at radius 1 is 1.53 bits per heavy atom. The average molecular weight is 206 g/mol. The zero-order valence-electron chi connectivity index (χ0n) is 9.50. The van der Waals surface area contributed by atoms with Crippen molar-refractivity contribution in [2.45, 2.75) is 20.3 Å². The minimum atomic E-state index is 0.722. The Kier molecular flexibility index (Phi) is 4.03. The number of allylic oxidation sites excluding steroid dienone is 2. The van der Waals surface area contributed by atoms with Crippen molar-refractivity contribution in [2.24, 2.45) is 0 Å². The van der Waals surface area contributed by atoms with E-state index in [1.807, 2.05) is 25.1 Å². The number of hydrogen-bond acceptors (Lipinski definition) is 3. The van der Waals surface area contributed by atoms with Crippen LogP contribution >= 0.6 is 0 Å². The quantitative estimate of drug-likeness (QED) is 0.744. The van der Waals surface area contributed by atoms with E-state index in [1.54, 1.807) is 7.11 Å². The van der Waals surface area contributed by atoms with Crippen molar-refractivity contribution in [3.05, 3.63) is 30.0 Å². The number of anilines is 2. The third kappa shape index (κ3) is 3.20. The van der Waals surface area contributed by atoms with Crippen LogP contribution in [0.5, 0.6) is 5.75 Å². The fourth-order valence-corrected chi connectivity index (χ4v) is 1.34. The largest absolute Gasteiger partial charge is 0.497 e. The van der Waals surface area contributed by atoms with Crippen LogP contribution in [-0.2, 0) is 0 Å². The second-order valence-corrected chi connectivity index (χ2v) is 3.37. The van der Waals surface area contributed by atoms with Gasteiger partial charge in [-0.15, -0.1) is 0 Å². The average Bonchev–Trinajstić information content (AvgIpc) is 2.21. The van der Waals surface area contributed by atoms with E-state index in [1.165, 1.54) is 0 Å². The van der Waals surface area contributed by atoms with Gasteiger partial charge in [-0.05, 0) is 25.5 Å². The minimum Gasteiger partial charge on any atom is -0.497 e. The molecule has 0 heterocycles. The third-order valence-corrected chi connectivity index (χ3v) is 2.10. The first-order chi connectivity index (χ1) is 7.17. The van der Waals surface area contributed by atoms with E-state index in [0.29, 0.717) is 0 Å². The summed E-state index contributed by atoms with van der Waals surface area (Å²) < 4.78 is 5.14. The summed E-state index contributed by atoms with van der Waals surface area (Å²) in [4.78, 5) is 0. The molecule has 0 atom stereocenters. The van der Waals surface area contributed by atoms with Gasteiger partial charge in [-0.2, -0.15) is 0 Å². The molecule has 1 aromatic rings. The lowest BCUT2D eigenvalue weighted by atomic mass is 10.2. The highest BCUT2D eigenvalue weighted by atomic mass is 16.5. The molecular weight excluding hydrogens is 188 g/mol. The van der Waals surface area contributed by atoms with Crippen molar-refractivity contribution in [3.63, 3.8) is 0 Å². The van der Waals surface area contributed by atoms with Crippen LogP contribution in [0.25, 0.3) is 0 Å². The molecule has 0 radical (unpaired) electrons. The number of methoxy groups -OCH3 is 1. The van der Waals surface area contributed by atoms with Crippen LogP contribution < -0.4 is 15.8 Å². The van der Waals surface area contributed by atoms with Crippen LogP contribution in [-0.4, -0.2) is 7.11 Å². The lowest BCUT2D eigenvalue weighted by Crippen LogP contribution is -2.00. The number of nitrogens with one attached hydrogen (secondary N) is 1. The Morgan fingerprint density at radius 2 is 2.27 bits per heavy atom. The lowest BCUT2D eigenvalue weighted by molar-refractivity contribution is 0.415. The molecule has 1 aromatic carbocycles. The normalized spacial score (nSPS) is 11.3. The Balaban J connectivity index is 2.88. The van der Waals surface area contributed by atoms with Gasteiger partial charge in [-0.25, -0.2) is 0 Å². The van der Waals surface area contributed by atoms with Gasteiger partial charge >= 0.3 is 0 Å². The van der Waals surface area contributed by atoms with Gasteiger partial charge in [0, 0.05) is 11.8 Å². The summed E-state index contributed by atoms with van der Waals surface area (Å²) in [7, 11) is 1.64. The fourth-order valence-electron chi connectivity index (χ4n) is 1.34. The summed E-state index contributed by atoms with van der Waals surface area (Å²) in [6, 6.07) is 5.57. The van der Waals surface area contributed by atoms with Gasteiger partial charge < -0.3 is 15.8 Å². The zero-order valence-corrected chi connectivity index (χ0v) is 9.50. The molecule has 15 heavy (non-hydrogen) atoms. The monoisotopic (exact) mass is 206 g/mol. The number of benzene rings is 1. The van der Waals surface area contributed by atoms with Gasteiger partial charge in [-0.1, -0.05) is 13.0 Å². The topological polar surface area (TPSA) is 47.3 Å². The lowest BCUT2D eigenvalue weighted by Gasteiger charge is -2.11. The molecule has 82 valence electrons. The standard InChI is InChI=1S/C12H18N2O/c1-4-5-9(2)14-12-8-10(15-3)6-7-11(12)13/h5-8,14H,4,13H2,1-3H3/b9-5-. The maximum absolute atomic E-state index is 5.84. The minimum absolute atomic E-state index is 0.722. The summed E-state index contributed by atoms with van der Waals surface area (Å²) in [5.74, 6) is 0.802. The number of hydrogen-bond donors (Lipinski definition) is 2. The molecule has 3 nitrogen and oxygen atoms in total. The van der Waals surface area contributed by atoms with Gasteiger partial charge in [0.1, 0.15) is 5.75 Å². The third-order valence-electron chi connectivity index (χ3n) is 2.10. The van der Waals surface area contributed by atoms with E-state index in [9.17, 15) is 0 Å². The summed E-state index contributed by atoms with van der Waals surface area (Å²) in [5, 5.41) is 3.24. The predicted octanol–water partition coefficient (Wildman–Crippen LogP) is 3.00. The first-order valence-corrected chi connectivity index (χ1v) is 5.04. The molecule has 0 bridgehead atoms. The molecule has 0 aromatic heterocycles. The summed E-state index contributed by atoms with van der Waals surface area (Å²) >= 11 is 0. The number of rotatable bonds is 4. The molecule has 0 spiro atoms. The zero-order chi connectivity index (χ0) is 11.3. The molecule has 3 N–H and O–H groups in total. The highest BCUT2D eigenvalue weighted by molar-refractivity contribution is 5.70. The molecule has 0 aliphatic carbocycles. The predicted molar refractivity (Wildman–Crippen MR) is 65.1 cm³/mol. The summed E-state index contributed by atoms with van der Waals surface area (Å²) in [5.41, 5.74) is 8.55. The number of nitrogens with two attached hydrogens (primary N) is 1. The Morgan fingerprint density at radius 3 is 2.87 bits per heavy atom. The number of nitrogen functional groups attached to an aromatic ring is 1. The van der Waals surface area contributed by atoms with Crippen molar-refractivity contribution in [1.29, 1.82) is 0 Å². The maximum atomic E-state index is 5.84. The molecular formula is C12H18N2O. The number of ether oxygens (including phenoxy) is 1. The molecule has 3 heteroatoms. The van der Waals surface area contributed by atoms with Gasteiger partial charge in [0.25, 0.3) is 0 Å². The second kappa shape index (κ2) is 5.29. The molecule has 0 unspecified atom stereocenters. The van der Waals surface area contributed by atoms with Crippen LogP contribution in [0.15, 0.2) is 30.0 Å². The molecule has 0 fully saturated rings. The van der Waals surface area contributed by atoms with Gasteiger partial charge in [0.15, 0.2) is 0 Å². The van der Waals surface area contributed by atoms with Crippen molar-refractivity contribution in [2.75, 3.05) is 18.2 Å². The SMILES string of the molecule is CC/C=C(/C)Nc1cc(OC)ccc1N. The van der Waals surface area contributed by atoms with Crippen LogP contribution in [0.1, 0.15) is 20.3 Å². The highest BCUT2D eigenvalue weighted by Gasteiger charge is 2.00. The summed E-state index contributed by atoms with van der Waals surface area (Å²) in [6.07, 6.45) is 3.11. The van der Waals surface area contributed by atoms with E-state index < -0.39 is 0 Å². The van der Waals surface area contributed by atoms with E-state index in [2.05, 4.69) is 18.3 Å². The van der Waals surface area contributed by atoms with Crippen molar-refractivity contribution < 1.29 is 4.74 Å². The molecule has 0 amide bonds. The van der Waals surface area contributed by atoms with E-state index >= 15 is 0 Å². The highest BCUT2D eigenvalue weighted by Crippen LogP contribution is 2.25. The molecule has 0 aliphatic rings. The molecule has 0 aliphatic heterocycles. The van der Waals surface area contributed by atoms with Crippen molar-refractivity contribution in [1.82, 2.24) is 0 Å². The van der Waals surface area contributed by atoms with Gasteiger partial charge in [0.05, 0.1) is 18.5 Å². The molecule has 0 saturated heterocycles. The molecule has 0 saturated carbocycles. The first-order valence-electron chi connectivity index (χ1n) is 5.04. The smallest absolute Gasteiger partial charge is 0.121 e. The Labute approximate surface area is 90.9 Å². The van der Waals surface area contributed by atoms with Crippen molar-refractivity contribution in [3.8, 4) is 5.75 Å². The van der Waals surface area contributed by atoms with E-state index in [-0.39, 0.29) is 0 Å². The Hall–Kier alpha value is -1.64. The van der Waals surface area contributed by atoms with E-state index in [0.717, 1.165) is 29.2 Å². The Bertz CT molecular complexity index is 359. The maximum Gasteiger partial charge on any atom is 0.121 e. The van der Waals surface area contributed by atoms with Crippen molar-refractivity contribution >= 4 is 11.4 Å². The molecule has 1 rings (SSSR count). The first kappa shape index (κ1) is 11.4. The van der Waals surface area contributed by atoms with E-state index in [4.69, 9.17) is 10.5 Å². The fraction of sp³-hybridized carbons (Fsp3) is 0.333. The van der Waals surface area contributed by atoms with Crippen LogP contribution in [0.2, 0.25) is 0 Å². The second-order valence-electron chi connectivity index (χ2n) is 3.37. The van der Waals surface area contributed by atoms with Crippen LogP contribution in [0, 0.1) is 0 Å². The van der Waals surface area contributed by atoms with Crippen LogP contribution in [0.3, 0.4) is 0 Å². The van der Waals surface area contributed by atoms with Gasteiger partial charge in [0.2, 0.25) is 0 Å². The summed E-state index contributed by atoms with van der Waals surface area (Å²) in [6.45, 7) is 4.11.